The van der Waals surface area contributed by atoms with E-state index in [4.69, 9.17) is 0 Å². The highest BCUT2D eigenvalue weighted by Crippen LogP contribution is 2.58. The van der Waals surface area contributed by atoms with Crippen LogP contribution in [0.15, 0.2) is 279 Å². The van der Waals surface area contributed by atoms with Gasteiger partial charge in [0.2, 0.25) is 0 Å². The van der Waals surface area contributed by atoms with Crippen LogP contribution in [0.4, 0.5) is 17.1 Å². The van der Waals surface area contributed by atoms with Crippen LogP contribution in [-0.2, 0) is 10.8 Å². The number of hydrogen-bond acceptors (Lipinski definition) is 2. The Morgan fingerprint density at radius 2 is 0.901 bits per heavy atom. The predicted octanol–water partition coefficient (Wildman–Crippen LogP) is 18.4. The van der Waals surface area contributed by atoms with Gasteiger partial charge in [-0.3, -0.25) is 0 Å². The number of hydrogen-bond donors (Lipinski definition) is 0. The molecule has 1 heterocycles. The van der Waals surface area contributed by atoms with Gasteiger partial charge in [0.25, 0.3) is 0 Å². The Morgan fingerprint density at radius 3 is 1.51 bits per heavy atom. The average molecular weight is 924 g/mol. The second-order valence-corrected chi connectivity index (χ2v) is 19.7. The van der Waals surface area contributed by atoms with E-state index >= 15 is 0 Å². The van der Waals surface area contributed by atoms with Crippen LogP contribution in [0.2, 0.25) is 0 Å². The molecule has 10 aromatic carbocycles. The van der Waals surface area contributed by atoms with E-state index < -0.39 is 10.8 Å². The highest BCUT2D eigenvalue weighted by Gasteiger charge is 2.48. The first-order valence-electron chi connectivity index (χ1n) is 24.6. The third-order valence-electron chi connectivity index (χ3n) is 15.2. The quantitative estimate of drug-likeness (QED) is 0.132. The summed E-state index contributed by atoms with van der Waals surface area (Å²) < 4.78 is 2.63. The maximum atomic E-state index is 4.44. The minimum atomic E-state index is -0.600. The van der Waals surface area contributed by atoms with Crippen LogP contribution in [0.25, 0.3) is 48.0 Å². The topological polar surface area (TPSA) is 3.24 Å². The van der Waals surface area contributed by atoms with Gasteiger partial charge in [-0.25, -0.2) is 0 Å². The lowest BCUT2D eigenvalue weighted by Gasteiger charge is -2.36. The van der Waals surface area contributed by atoms with Gasteiger partial charge in [-0.1, -0.05) is 231 Å². The van der Waals surface area contributed by atoms with E-state index in [1.54, 1.807) is 0 Å². The van der Waals surface area contributed by atoms with Crippen molar-refractivity contribution in [1.29, 1.82) is 0 Å². The van der Waals surface area contributed by atoms with Gasteiger partial charge in [-0.15, -0.1) is 11.3 Å². The van der Waals surface area contributed by atoms with Gasteiger partial charge in [-0.2, -0.15) is 0 Å². The molecule has 0 atom stereocenters. The molecule has 2 aliphatic carbocycles. The maximum absolute atomic E-state index is 4.44. The molecule has 2 aliphatic rings. The fourth-order valence-electron chi connectivity index (χ4n) is 12.3. The standard InChI is InChI=1S/C69H49NS/c1-3-21-62-55(4-2)59-45-44-54(46-65(59)69(62,49-24-10-6-11-25-49)50-26-12-7-13-27-50)70(52-40-36-47(37-41-52)56-31-20-32-61-60-30-16-19-35-66(60)71-67(56)61)53-42-38-51(39-43-53)68(48-22-8-5-9-23-48)63-33-17-14-28-57(63)58-29-15-18-34-64(58)68/h3-46H,2H2,1H3/b21-3-. The Bertz CT molecular complexity index is 3790. The number of allylic oxidation sites excluding steroid dienone is 5. The van der Waals surface area contributed by atoms with Crippen LogP contribution in [0.1, 0.15) is 51.4 Å². The molecule has 71 heavy (non-hydrogen) atoms. The molecule has 0 saturated heterocycles. The van der Waals surface area contributed by atoms with E-state index in [9.17, 15) is 0 Å². The van der Waals surface area contributed by atoms with Gasteiger partial charge in [0, 0.05) is 37.2 Å². The van der Waals surface area contributed by atoms with Crippen molar-refractivity contribution in [3.05, 3.63) is 324 Å². The Morgan fingerprint density at radius 1 is 0.408 bits per heavy atom. The van der Waals surface area contributed by atoms with E-state index in [0.29, 0.717) is 0 Å². The summed E-state index contributed by atoms with van der Waals surface area (Å²) in [7, 11) is 0. The molecule has 0 N–H and O–H groups in total. The van der Waals surface area contributed by atoms with Crippen molar-refractivity contribution in [3.63, 3.8) is 0 Å². The number of fused-ring (bicyclic) bond motifs is 7. The molecule has 1 aromatic heterocycles. The molecule has 0 unspecified atom stereocenters. The third kappa shape index (κ3) is 6.38. The van der Waals surface area contributed by atoms with Gasteiger partial charge in [0.05, 0.1) is 10.8 Å². The van der Waals surface area contributed by atoms with E-state index in [2.05, 4.69) is 285 Å². The van der Waals surface area contributed by atoms with Crippen molar-refractivity contribution in [1.82, 2.24) is 0 Å². The summed E-state index contributed by atoms with van der Waals surface area (Å²) in [4.78, 5) is 2.45. The summed E-state index contributed by atoms with van der Waals surface area (Å²) >= 11 is 1.88. The van der Waals surface area contributed by atoms with Gasteiger partial charge in [0.1, 0.15) is 0 Å². The normalized spacial score (nSPS) is 14.2. The van der Waals surface area contributed by atoms with Crippen molar-refractivity contribution in [2.45, 2.75) is 17.8 Å². The molecule has 2 heteroatoms. The molecule has 0 saturated carbocycles. The Balaban J connectivity index is 1.02. The molecule has 0 amide bonds. The number of rotatable bonds is 10. The number of anilines is 3. The van der Waals surface area contributed by atoms with Gasteiger partial charge >= 0.3 is 0 Å². The van der Waals surface area contributed by atoms with Crippen LogP contribution in [-0.4, -0.2) is 0 Å². The van der Waals surface area contributed by atoms with Gasteiger partial charge < -0.3 is 4.90 Å². The third-order valence-corrected chi connectivity index (χ3v) is 16.4. The van der Waals surface area contributed by atoms with Crippen LogP contribution < -0.4 is 4.90 Å². The van der Waals surface area contributed by atoms with E-state index in [-0.39, 0.29) is 0 Å². The smallest absolute Gasteiger partial charge is 0.0714 e. The largest absolute Gasteiger partial charge is 0.310 e. The zero-order chi connectivity index (χ0) is 47.5. The molecule has 11 aromatic rings. The zero-order valence-corrected chi connectivity index (χ0v) is 40.3. The minimum absolute atomic E-state index is 0.498. The maximum Gasteiger partial charge on any atom is 0.0714 e. The zero-order valence-electron chi connectivity index (χ0n) is 39.5. The second kappa shape index (κ2) is 17.1. The highest BCUT2D eigenvalue weighted by atomic mass is 32.1. The lowest BCUT2D eigenvalue weighted by molar-refractivity contribution is 0.761. The van der Waals surface area contributed by atoms with E-state index in [0.717, 1.165) is 22.6 Å². The number of benzene rings is 10. The fraction of sp³-hybridized carbons (Fsp3) is 0.0435. The Hall–Kier alpha value is -8.56. The molecular formula is C69H49NS. The van der Waals surface area contributed by atoms with E-state index in [1.807, 2.05) is 11.3 Å². The summed E-state index contributed by atoms with van der Waals surface area (Å²) in [6.45, 7) is 6.55. The summed E-state index contributed by atoms with van der Waals surface area (Å²) in [5.41, 5.74) is 19.5. The molecule has 0 aliphatic heterocycles. The minimum Gasteiger partial charge on any atom is -0.310 e. The molecule has 1 nitrogen and oxygen atoms in total. The molecule has 336 valence electrons. The SMILES string of the molecule is C=CC1=C(/C=C\C)C(c2ccccc2)(c2ccccc2)c2cc(N(c3ccc(-c4cccc5c4sc4ccccc45)cc3)c3ccc(C4(c5ccccc5)c5ccccc5-c5ccccc54)cc3)ccc21. The van der Waals surface area contributed by atoms with Gasteiger partial charge in [0.15, 0.2) is 0 Å². The highest BCUT2D eigenvalue weighted by molar-refractivity contribution is 7.26. The van der Waals surface area contributed by atoms with Crippen molar-refractivity contribution in [2.24, 2.45) is 0 Å². The monoisotopic (exact) mass is 923 g/mol. The first kappa shape index (κ1) is 42.5. The van der Waals surface area contributed by atoms with Crippen molar-refractivity contribution >= 4 is 54.1 Å². The van der Waals surface area contributed by atoms with Crippen LogP contribution in [0.5, 0.6) is 0 Å². The van der Waals surface area contributed by atoms with E-state index in [1.165, 1.54) is 92.5 Å². The Labute approximate surface area is 420 Å². The molecule has 13 rings (SSSR count). The molecule has 0 fully saturated rings. The molecule has 0 bridgehead atoms. The van der Waals surface area contributed by atoms with Crippen LogP contribution in [0, 0.1) is 0 Å². The average Bonchev–Trinajstić information content (AvgIpc) is 4.07. The molecular weight excluding hydrogens is 875 g/mol. The molecule has 0 radical (unpaired) electrons. The van der Waals surface area contributed by atoms with Crippen molar-refractivity contribution in [2.75, 3.05) is 4.90 Å². The summed E-state index contributed by atoms with van der Waals surface area (Å²) in [6, 6.07) is 92.2. The second-order valence-electron chi connectivity index (χ2n) is 18.7. The Kier molecular flexibility index (Phi) is 10.3. The number of nitrogens with zero attached hydrogens (tertiary/aromatic N) is 1. The van der Waals surface area contributed by atoms with Crippen LogP contribution in [0.3, 0.4) is 0 Å². The summed E-state index contributed by atoms with van der Waals surface area (Å²) in [5, 5.41) is 2.61. The lowest BCUT2D eigenvalue weighted by Crippen LogP contribution is -2.29. The van der Waals surface area contributed by atoms with Crippen molar-refractivity contribution in [3.8, 4) is 22.3 Å². The summed E-state index contributed by atoms with van der Waals surface area (Å²) in [5.74, 6) is 0. The predicted molar refractivity (Wildman–Crippen MR) is 301 cm³/mol. The fourth-order valence-corrected chi connectivity index (χ4v) is 13.5. The number of thiophene rings is 1. The summed E-state index contributed by atoms with van der Waals surface area (Å²) in [6.07, 6.45) is 6.52. The first-order valence-corrected chi connectivity index (χ1v) is 25.4. The first-order chi connectivity index (χ1) is 35.1. The lowest BCUT2D eigenvalue weighted by atomic mass is 9.66. The molecule has 0 spiro atoms. The van der Waals surface area contributed by atoms with Crippen molar-refractivity contribution < 1.29 is 0 Å². The van der Waals surface area contributed by atoms with Gasteiger partial charge in [-0.05, 0) is 127 Å². The van der Waals surface area contributed by atoms with Crippen LogP contribution >= 0.6 is 11.3 Å².